The highest BCUT2D eigenvalue weighted by Gasteiger charge is 2.39. The van der Waals surface area contributed by atoms with E-state index in [2.05, 4.69) is 0 Å². The van der Waals surface area contributed by atoms with Gasteiger partial charge in [-0.1, -0.05) is 17.7 Å². The van der Waals surface area contributed by atoms with E-state index in [-0.39, 0.29) is 11.4 Å². The van der Waals surface area contributed by atoms with E-state index in [1.807, 2.05) is 6.92 Å². The largest absolute Gasteiger partial charge is 0.325 e. The molecular formula is C12H15ClFN. The topological polar surface area (TPSA) is 26.0 Å². The molecule has 0 radical (unpaired) electrons. The van der Waals surface area contributed by atoms with Crippen LogP contribution in [0.1, 0.15) is 25.3 Å². The van der Waals surface area contributed by atoms with Gasteiger partial charge in [0.05, 0.1) is 0 Å². The van der Waals surface area contributed by atoms with Crippen molar-refractivity contribution in [1.29, 1.82) is 0 Å². The average Bonchev–Trinajstić information content (AvgIpc) is 2.94. The first-order valence-corrected chi connectivity index (χ1v) is 5.60. The summed E-state index contributed by atoms with van der Waals surface area (Å²) in [5.74, 6) is 0.271. The maximum absolute atomic E-state index is 13.5. The van der Waals surface area contributed by atoms with E-state index in [0.717, 1.165) is 12.8 Å². The molecule has 1 aliphatic rings. The van der Waals surface area contributed by atoms with E-state index in [9.17, 15) is 4.39 Å². The third kappa shape index (κ3) is 2.32. The molecule has 1 fully saturated rings. The van der Waals surface area contributed by atoms with Crippen LogP contribution >= 0.6 is 11.6 Å². The molecule has 1 aliphatic carbocycles. The minimum Gasteiger partial charge on any atom is -0.325 e. The maximum atomic E-state index is 13.5. The second-order valence-corrected chi connectivity index (χ2v) is 5.06. The Morgan fingerprint density at radius 2 is 2.20 bits per heavy atom. The molecule has 2 N–H and O–H groups in total. The molecule has 0 aromatic heterocycles. The SMILES string of the molecule is CC(N)(Cc1c(F)cccc1Cl)C1CC1. The summed E-state index contributed by atoms with van der Waals surface area (Å²) in [6, 6.07) is 4.76. The van der Waals surface area contributed by atoms with Crippen LogP contribution in [0.15, 0.2) is 18.2 Å². The van der Waals surface area contributed by atoms with Crippen LogP contribution in [0.25, 0.3) is 0 Å². The van der Waals surface area contributed by atoms with E-state index >= 15 is 0 Å². The minimum atomic E-state index is -0.328. The third-order valence-corrected chi connectivity index (χ3v) is 3.48. The highest BCUT2D eigenvalue weighted by atomic mass is 35.5. The van der Waals surface area contributed by atoms with Crippen molar-refractivity contribution >= 4 is 11.6 Å². The van der Waals surface area contributed by atoms with Gasteiger partial charge >= 0.3 is 0 Å². The fourth-order valence-electron chi connectivity index (χ4n) is 1.97. The molecule has 1 aromatic carbocycles. The van der Waals surface area contributed by atoms with Gasteiger partial charge < -0.3 is 5.73 Å². The predicted molar refractivity (Wildman–Crippen MR) is 60.4 cm³/mol. The van der Waals surface area contributed by atoms with Crippen molar-refractivity contribution in [1.82, 2.24) is 0 Å². The monoisotopic (exact) mass is 227 g/mol. The lowest BCUT2D eigenvalue weighted by Crippen LogP contribution is -2.41. The molecule has 0 heterocycles. The lowest BCUT2D eigenvalue weighted by atomic mass is 9.89. The molecular weight excluding hydrogens is 213 g/mol. The molecule has 2 rings (SSSR count). The molecule has 0 saturated heterocycles. The summed E-state index contributed by atoms with van der Waals surface area (Å²) in [6.45, 7) is 1.98. The number of hydrogen-bond acceptors (Lipinski definition) is 1. The van der Waals surface area contributed by atoms with Gasteiger partial charge in [0.25, 0.3) is 0 Å². The van der Waals surface area contributed by atoms with Crippen LogP contribution < -0.4 is 5.73 Å². The number of benzene rings is 1. The Labute approximate surface area is 94.4 Å². The van der Waals surface area contributed by atoms with Crippen LogP contribution in [-0.4, -0.2) is 5.54 Å². The highest BCUT2D eigenvalue weighted by Crippen LogP contribution is 2.40. The Morgan fingerprint density at radius 1 is 1.53 bits per heavy atom. The van der Waals surface area contributed by atoms with Gasteiger partial charge in [-0.25, -0.2) is 4.39 Å². The Bertz CT molecular complexity index is 352. The minimum absolute atomic E-state index is 0.250. The number of nitrogens with two attached hydrogens (primary N) is 1. The molecule has 1 saturated carbocycles. The molecule has 1 nitrogen and oxygen atoms in total. The highest BCUT2D eigenvalue weighted by molar-refractivity contribution is 6.31. The van der Waals surface area contributed by atoms with Gasteiger partial charge in [-0.15, -0.1) is 0 Å². The smallest absolute Gasteiger partial charge is 0.127 e. The van der Waals surface area contributed by atoms with Crippen molar-refractivity contribution < 1.29 is 4.39 Å². The summed E-state index contributed by atoms with van der Waals surface area (Å²) in [5.41, 5.74) is 6.39. The fourth-order valence-corrected chi connectivity index (χ4v) is 2.20. The van der Waals surface area contributed by atoms with Crippen LogP contribution in [0.2, 0.25) is 5.02 Å². The van der Waals surface area contributed by atoms with Gasteiger partial charge in [0, 0.05) is 16.1 Å². The second-order valence-electron chi connectivity index (χ2n) is 4.66. The van der Waals surface area contributed by atoms with Gasteiger partial charge in [0.2, 0.25) is 0 Å². The van der Waals surface area contributed by atoms with Crippen LogP contribution in [-0.2, 0) is 6.42 Å². The Hall–Kier alpha value is -0.600. The summed E-state index contributed by atoms with van der Waals surface area (Å²) in [4.78, 5) is 0. The molecule has 1 atom stereocenters. The quantitative estimate of drug-likeness (QED) is 0.844. The van der Waals surface area contributed by atoms with E-state index in [4.69, 9.17) is 17.3 Å². The second kappa shape index (κ2) is 3.76. The molecule has 15 heavy (non-hydrogen) atoms. The molecule has 1 aromatic rings. The van der Waals surface area contributed by atoms with Crippen LogP contribution in [0.3, 0.4) is 0 Å². The summed E-state index contributed by atoms with van der Waals surface area (Å²) >= 11 is 5.97. The summed E-state index contributed by atoms with van der Waals surface area (Å²) in [6.07, 6.45) is 2.82. The number of rotatable bonds is 3. The third-order valence-electron chi connectivity index (χ3n) is 3.13. The van der Waals surface area contributed by atoms with Crippen molar-refractivity contribution in [2.45, 2.75) is 31.7 Å². The fraction of sp³-hybridized carbons (Fsp3) is 0.500. The van der Waals surface area contributed by atoms with Gasteiger partial charge in [0.1, 0.15) is 5.82 Å². The van der Waals surface area contributed by atoms with Crippen molar-refractivity contribution in [3.63, 3.8) is 0 Å². The Balaban J connectivity index is 2.23. The number of halogens is 2. The first-order chi connectivity index (χ1) is 7.00. The zero-order chi connectivity index (χ0) is 11.1. The standard InChI is InChI=1S/C12H15ClFN/c1-12(15,8-5-6-8)7-9-10(13)3-2-4-11(9)14/h2-4,8H,5-7,15H2,1H3. The molecule has 1 unspecified atom stereocenters. The average molecular weight is 228 g/mol. The Morgan fingerprint density at radius 3 is 2.73 bits per heavy atom. The predicted octanol–water partition coefficient (Wildman–Crippen LogP) is 3.15. The molecule has 0 spiro atoms. The molecule has 0 amide bonds. The molecule has 82 valence electrons. The van der Waals surface area contributed by atoms with E-state index in [0.29, 0.717) is 22.9 Å². The first-order valence-electron chi connectivity index (χ1n) is 5.22. The lowest BCUT2D eigenvalue weighted by molar-refractivity contribution is 0.399. The normalized spacial score (nSPS) is 20.0. The van der Waals surface area contributed by atoms with E-state index in [1.165, 1.54) is 6.07 Å². The Kier molecular flexibility index (Phi) is 2.73. The number of hydrogen-bond donors (Lipinski definition) is 1. The van der Waals surface area contributed by atoms with Crippen molar-refractivity contribution in [2.75, 3.05) is 0 Å². The van der Waals surface area contributed by atoms with Crippen molar-refractivity contribution in [3.05, 3.63) is 34.6 Å². The van der Waals surface area contributed by atoms with Crippen LogP contribution in [0, 0.1) is 11.7 Å². The zero-order valence-electron chi connectivity index (χ0n) is 8.76. The zero-order valence-corrected chi connectivity index (χ0v) is 9.52. The van der Waals surface area contributed by atoms with E-state index < -0.39 is 0 Å². The van der Waals surface area contributed by atoms with Crippen molar-refractivity contribution in [2.24, 2.45) is 11.7 Å². The van der Waals surface area contributed by atoms with Crippen molar-refractivity contribution in [3.8, 4) is 0 Å². The van der Waals surface area contributed by atoms with Crippen LogP contribution in [0.4, 0.5) is 4.39 Å². The van der Waals surface area contributed by atoms with Gasteiger partial charge in [-0.2, -0.15) is 0 Å². The molecule has 0 aliphatic heterocycles. The summed E-state index contributed by atoms with van der Waals surface area (Å²) in [7, 11) is 0. The lowest BCUT2D eigenvalue weighted by Gasteiger charge is -2.25. The van der Waals surface area contributed by atoms with E-state index in [1.54, 1.807) is 12.1 Å². The van der Waals surface area contributed by atoms with Gasteiger partial charge in [-0.05, 0) is 44.2 Å². The molecule has 3 heteroatoms. The first kappa shape index (κ1) is 10.9. The molecule has 0 bridgehead atoms. The summed E-state index contributed by atoms with van der Waals surface area (Å²) < 4.78 is 13.5. The van der Waals surface area contributed by atoms with Gasteiger partial charge in [0.15, 0.2) is 0 Å². The maximum Gasteiger partial charge on any atom is 0.127 e. The summed E-state index contributed by atoms with van der Waals surface area (Å²) in [5, 5.41) is 0.479. The van der Waals surface area contributed by atoms with Crippen LogP contribution in [0.5, 0.6) is 0 Å². The van der Waals surface area contributed by atoms with Gasteiger partial charge in [-0.3, -0.25) is 0 Å².